The van der Waals surface area contributed by atoms with Gasteiger partial charge in [-0.1, -0.05) is 36.4 Å². The number of ether oxygens (including phenoxy) is 3. The summed E-state index contributed by atoms with van der Waals surface area (Å²) in [5, 5.41) is 39.9. The van der Waals surface area contributed by atoms with Crippen molar-refractivity contribution >= 4 is 11.8 Å². The van der Waals surface area contributed by atoms with Crippen LogP contribution in [0.25, 0.3) is 0 Å². The Labute approximate surface area is 327 Å². The molecule has 6 atom stereocenters. The number of benzene rings is 3. The van der Waals surface area contributed by atoms with Crippen molar-refractivity contribution in [3.63, 3.8) is 0 Å². The number of carbonyl (C=O) groups is 2. The molecule has 0 aromatic heterocycles. The van der Waals surface area contributed by atoms with Crippen LogP contribution >= 0.6 is 0 Å². The summed E-state index contributed by atoms with van der Waals surface area (Å²) in [6.45, 7) is 5.35. The van der Waals surface area contributed by atoms with Gasteiger partial charge in [0.05, 0.1) is 31.7 Å². The fourth-order valence-corrected chi connectivity index (χ4v) is 8.53. The molecule has 1 fully saturated rings. The van der Waals surface area contributed by atoms with E-state index in [9.17, 15) is 25.1 Å². The number of aromatic hydroxyl groups is 2. The van der Waals surface area contributed by atoms with Crippen molar-refractivity contribution in [2.24, 2.45) is 0 Å². The van der Waals surface area contributed by atoms with Gasteiger partial charge < -0.3 is 35.1 Å². The molecule has 1 saturated heterocycles. The molecule has 259 valence electrons. The Morgan fingerprint density at radius 2 is 1.80 bits per heavy atom. The standard InChI is InChI=1S/C37H41N5O7.Ac/c1-18-11-22-13-24-26(15-38)42-25(31(41(24)4)29(22)33(45)34(18)47-5)14-23-30(36-35(48-17-49-36)19(2)32(23)44)27(42)16-39-37(46)20(3)40-28(43)12-21-9-7-6-8-10-21;/h6-11,20,24-27,31,44-45H,12-14,16-17H2,1-5H3,(H,39,46)(H,40,43);/t20-,24-,25?,26-,27-,31-;/m0./s1. The van der Waals surface area contributed by atoms with Crippen molar-refractivity contribution < 1.29 is 78.1 Å². The van der Waals surface area contributed by atoms with Gasteiger partial charge in [-0.25, -0.2) is 0 Å². The van der Waals surface area contributed by atoms with E-state index in [1.807, 2.05) is 50.4 Å². The third kappa shape index (κ3) is 5.88. The summed E-state index contributed by atoms with van der Waals surface area (Å²) in [5.74, 6) is 0.835. The Hall–Kier alpha value is -3.55. The van der Waals surface area contributed by atoms with Gasteiger partial charge >= 0.3 is 0 Å². The molecule has 4 heterocycles. The predicted molar refractivity (Wildman–Crippen MR) is 179 cm³/mol. The average Bonchev–Trinajstić information content (AvgIpc) is 3.57. The molecule has 4 aliphatic heterocycles. The Balaban J connectivity index is 0.00000432. The molecule has 4 N–H and O–H groups in total. The SMILES string of the molecule is COc1c(C)cc2c(c1O)[C@@H]1C3Cc4c(O)c(C)c5c(c4[C@H](CNC(=O)[C@H](C)NC(=O)Cc4ccccc4)N3[C@@H](C#N)[C@H](C2)N1C)OCO5.[Ac]. The van der Waals surface area contributed by atoms with Gasteiger partial charge in [0.15, 0.2) is 23.0 Å². The van der Waals surface area contributed by atoms with Crippen LogP contribution < -0.4 is 24.8 Å². The van der Waals surface area contributed by atoms with E-state index in [0.29, 0.717) is 46.8 Å². The van der Waals surface area contributed by atoms with Crippen LogP contribution in [-0.2, 0) is 28.9 Å². The van der Waals surface area contributed by atoms with Crippen molar-refractivity contribution in [2.75, 3.05) is 27.5 Å². The molecule has 13 heteroatoms. The molecule has 3 aromatic carbocycles. The summed E-state index contributed by atoms with van der Waals surface area (Å²) in [5.41, 5.74) is 5.23. The number of piperazine rings is 1. The molecule has 4 aliphatic rings. The number of rotatable bonds is 7. The number of methoxy groups -OCH3 is 1. The van der Waals surface area contributed by atoms with Crippen molar-refractivity contribution in [2.45, 2.75) is 76.3 Å². The van der Waals surface area contributed by atoms with Gasteiger partial charge in [0.25, 0.3) is 0 Å². The minimum Gasteiger partial charge on any atom is -0.507 e. The van der Waals surface area contributed by atoms with Crippen molar-refractivity contribution in [1.82, 2.24) is 20.4 Å². The minimum atomic E-state index is -0.829. The minimum absolute atomic E-state index is 0. The first-order valence-corrected chi connectivity index (χ1v) is 16.6. The van der Waals surface area contributed by atoms with Gasteiger partial charge in [0.2, 0.25) is 18.6 Å². The van der Waals surface area contributed by atoms with Gasteiger partial charge in [-0.05, 0) is 57.4 Å². The number of aryl methyl sites for hydroxylation is 1. The van der Waals surface area contributed by atoms with Gasteiger partial charge in [-0.3, -0.25) is 19.4 Å². The monoisotopic (exact) mass is 894 g/mol. The maximum Gasteiger partial charge on any atom is 0.242 e. The second kappa shape index (κ2) is 14.2. The van der Waals surface area contributed by atoms with E-state index in [0.717, 1.165) is 22.3 Å². The first kappa shape index (κ1) is 36.2. The third-order valence-electron chi connectivity index (χ3n) is 10.7. The fraction of sp³-hybridized carbons (Fsp3) is 0.432. The molecule has 1 radical (unpaired) electrons. The van der Waals surface area contributed by atoms with E-state index in [1.165, 1.54) is 7.11 Å². The first-order chi connectivity index (χ1) is 23.5. The molecule has 2 bridgehead atoms. The second-order valence-electron chi connectivity index (χ2n) is 13.5. The summed E-state index contributed by atoms with van der Waals surface area (Å²) in [6, 6.07) is 10.9. The number of nitriles is 1. The van der Waals surface area contributed by atoms with Crippen LogP contribution in [0.2, 0.25) is 0 Å². The van der Waals surface area contributed by atoms with Crippen molar-refractivity contribution in [3.8, 4) is 34.8 Å². The number of phenolic OH excluding ortho intramolecular Hbond substituents is 2. The van der Waals surface area contributed by atoms with Crippen molar-refractivity contribution in [1.29, 1.82) is 5.26 Å². The third-order valence-corrected chi connectivity index (χ3v) is 10.7. The van der Waals surface area contributed by atoms with Crippen LogP contribution in [-0.4, -0.2) is 83.5 Å². The van der Waals surface area contributed by atoms with E-state index in [-0.39, 0.29) is 105 Å². The van der Waals surface area contributed by atoms with Crippen LogP contribution in [0.1, 0.15) is 58.0 Å². The molecule has 50 heavy (non-hydrogen) atoms. The Morgan fingerprint density at radius 1 is 1.08 bits per heavy atom. The van der Waals surface area contributed by atoms with E-state index in [2.05, 4.69) is 26.5 Å². The number of fused-ring (bicyclic) bond motifs is 9. The van der Waals surface area contributed by atoms with Crippen LogP contribution in [0.15, 0.2) is 36.4 Å². The molecule has 0 spiro atoms. The molecule has 2 amide bonds. The van der Waals surface area contributed by atoms with E-state index >= 15 is 0 Å². The molecule has 12 nitrogen and oxygen atoms in total. The number of hydrogen-bond donors (Lipinski definition) is 4. The molecule has 3 aromatic rings. The van der Waals surface area contributed by atoms with E-state index in [1.54, 1.807) is 13.8 Å². The largest absolute Gasteiger partial charge is 0.507 e. The number of nitrogens with one attached hydrogen (secondary N) is 2. The fourth-order valence-electron chi connectivity index (χ4n) is 8.53. The molecular formula is C37H41AcN5O7. The molecule has 0 aliphatic carbocycles. The predicted octanol–water partition coefficient (Wildman–Crippen LogP) is 3.09. The molecule has 7 rings (SSSR count). The summed E-state index contributed by atoms with van der Waals surface area (Å²) in [7, 11) is 3.51. The van der Waals surface area contributed by atoms with Gasteiger partial charge in [0, 0.05) is 84.9 Å². The smallest absolute Gasteiger partial charge is 0.242 e. The number of hydrogen-bond acceptors (Lipinski definition) is 10. The zero-order valence-corrected chi connectivity index (χ0v) is 33.6. The second-order valence-corrected chi connectivity index (χ2v) is 13.5. The molecule has 0 saturated carbocycles. The van der Waals surface area contributed by atoms with Crippen molar-refractivity contribution in [3.05, 3.63) is 75.3 Å². The van der Waals surface area contributed by atoms with Crippen LogP contribution in [0.4, 0.5) is 0 Å². The Bertz CT molecular complexity index is 1880. The van der Waals surface area contributed by atoms with Gasteiger partial charge in [0.1, 0.15) is 17.8 Å². The Morgan fingerprint density at radius 3 is 2.50 bits per heavy atom. The van der Waals surface area contributed by atoms with Gasteiger partial charge in [-0.2, -0.15) is 5.26 Å². The number of nitrogens with zero attached hydrogens (tertiary/aromatic N) is 3. The Kier molecular flexibility index (Phi) is 10.3. The van der Waals surface area contributed by atoms with Gasteiger partial charge in [-0.15, -0.1) is 0 Å². The topological polar surface area (TPSA) is 157 Å². The summed E-state index contributed by atoms with van der Waals surface area (Å²) in [4.78, 5) is 30.6. The summed E-state index contributed by atoms with van der Waals surface area (Å²) >= 11 is 0. The number of phenols is 2. The number of likely N-dealkylation sites (N-methyl/N-ethyl adjacent to an activating group) is 1. The summed E-state index contributed by atoms with van der Waals surface area (Å²) < 4.78 is 17.5. The molecule has 1 unspecified atom stereocenters. The summed E-state index contributed by atoms with van der Waals surface area (Å²) in [6.07, 6.45) is 1.02. The van der Waals surface area contributed by atoms with Crippen LogP contribution in [0.5, 0.6) is 28.7 Å². The van der Waals surface area contributed by atoms with E-state index in [4.69, 9.17) is 14.2 Å². The zero-order valence-electron chi connectivity index (χ0n) is 28.8. The van der Waals surface area contributed by atoms with E-state index < -0.39 is 18.1 Å². The zero-order chi connectivity index (χ0) is 34.7. The molecular weight excluding hydrogens is 853 g/mol. The maximum absolute atomic E-state index is 13.5. The van der Waals surface area contributed by atoms with Crippen LogP contribution in [0, 0.1) is 69.2 Å². The number of carbonyl (C=O) groups excluding carboxylic acids is 2. The normalized spacial score (nSPS) is 23.6. The maximum atomic E-state index is 13.5. The number of amides is 2. The quantitative estimate of drug-likeness (QED) is 0.278. The average molecular weight is 895 g/mol. The van der Waals surface area contributed by atoms with Crippen LogP contribution in [0.3, 0.4) is 0 Å². The first-order valence-electron chi connectivity index (χ1n) is 16.6.